The predicted octanol–water partition coefficient (Wildman–Crippen LogP) is 8.08. The van der Waals surface area contributed by atoms with E-state index in [4.69, 9.17) is 9.47 Å². The maximum atomic E-state index is 11.9. The SMILES string of the molecule is CCCCCCCC/C=C/CCCCCCCCOC(=O)[C@@H](O)CC(=O)OC[C@H](CC)CCCC. The topological polar surface area (TPSA) is 72.8 Å². The number of carbonyl (C=O) groups is 2. The summed E-state index contributed by atoms with van der Waals surface area (Å²) in [5.41, 5.74) is 0. The zero-order valence-corrected chi connectivity index (χ0v) is 23.2. The molecule has 0 bridgehead atoms. The van der Waals surface area contributed by atoms with Crippen LogP contribution in [0.1, 0.15) is 143 Å². The average molecular weight is 497 g/mol. The molecule has 0 rings (SSSR count). The number of hydrogen-bond acceptors (Lipinski definition) is 5. The second-order valence-corrected chi connectivity index (χ2v) is 9.92. The number of unbranched alkanes of at least 4 members (excludes halogenated alkanes) is 13. The molecule has 0 aromatic rings. The highest BCUT2D eigenvalue weighted by Gasteiger charge is 2.22. The second-order valence-electron chi connectivity index (χ2n) is 9.92. The summed E-state index contributed by atoms with van der Waals surface area (Å²) < 4.78 is 10.4. The number of allylic oxidation sites excluding steroid dienone is 2. The van der Waals surface area contributed by atoms with Gasteiger partial charge in [-0.2, -0.15) is 0 Å². The lowest BCUT2D eigenvalue weighted by Gasteiger charge is -2.15. The first-order valence-electron chi connectivity index (χ1n) is 14.7. The first kappa shape index (κ1) is 33.6. The third-order valence-electron chi connectivity index (χ3n) is 6.56. The second kappa shape index (κ2) is 25.7. The van der Waals surface area contributed by atoms with Crippen molar-refractivity contribution >= 4 is 11.9 Å². The minimum Gasteiger partial charge on any atom is -0.465 e. The first-order valence-corrected chi connectivity index (χ1v) is 14.7. The van der Waals surface area contributed by atoms with E-state index < -0.39 is 18.0 Å². The summed E-state index contributed by atoms with van der Waals surface area (Å²) in [4.78, 5) is 23.8. The number of aliphatic hydroxyl groups is 1. The summed E-state index contributed by atoms with van der Waals surface area (Å²) in [6.07, 6.45) is 24.3. The van der Waals surface area contributed by atoms with Crippen LogP contribution in [0.4, 0.5) is 0 Å². The molecule has 0 heterocycles. The maximum absolute atomic E-state index is 11.9. The Hall–Kier alpha value is -1.36. The first-order chi connectivity index (χ1) is 17.0. The van der Waals surface area contributed by atoms with Crippen LogP contribution in [0.15, 0.2) is 12.2 Å². The summed E-state index contributed by atoms with van der Waals surface area (Å²) in [5, 5.41) is 9.91. The van der Waals surface area contributed by atoms with E-state index in [-0.39, 0.29) is 6.42 Å². The number of hydrogen-bond donors (Lipinski definition) is 1. The summed E-state index contributed by atoms with van der Waals surface area (Å²) in [6.45, 7) is 7.12. The van der Waals surface area contributed by atoms with E-state index in [1.54, 1.807) is 0 Å². The highest BCUT2D eigenvalue weighted by atomic mass is 16.6. The standard InChI is InChI=1S/C30H56O5/c1-4-7-9-10-11-12-13-14-15-16-17-18-19-20-21-22-24-34-30(33)28(31)25-29(32)35-26-27(6-3)23-8-5-2/h14-15,27-28,31H,4-13,16-26H2,1-3H3/b15-14+/t27-,28+/m1/s1. The predicted molar refractivity (Wildman–Crippen MR) is 145 cm³/mol. The van der Waals surface area contributed by atoms with Gasteiger partial charge in [0.1, 0.15) is 0 Å². The number of esters is 2. The highest BCUT2D eigenvalue weighted by molar-refractivity contribution is 5.81. The molecule has 0 aliphatic heterocycles. The molecule has 0 aliphatic carbocycles. The molecule has 2 atom stereocenters. The minimum absolute atomic E-state index is 0.293. The van der Waals surface area contributed by atoms with E-state index in [9.17, 15) is 14.7 Å². The summed E-state index contributed by atoms with van der Waals surface area (Å²) in [5.74, 6) is -0.927. The molecule has 1 N–H and O–H groups in total. The summed E-state index contributed by atoms with van der Waals surface area (Å²) >= 11 is 0. The van der Waals surface area contributed by atoms with Crippen molar-refractivity contribution in [3.05, 3.63) is 12.2 Å². The van der Waals surface area contributed by atoms with Crippen LogP contribution >= 0.6 is 0 Å². The van der Waals surface area contributed by atoms with Gasteiger partial charge in [0.15, 0.2) is 6.10 Å². The normalized spacial score (nSPS) is 13.1. The van der Waals surface area contributed by atoms with Gasteiger partial charge in [0.05, 0.1) is 19.6 Å². The molecule has 0 aliphatic rings. The van der Waals surface area contributed by atoms with Gasteiger partial charge in [-0.15, -0.1) is 0 Å². The smallest absolute Gasteiger partial charge is 0.335 e. The Bertz CT molecular complexity index is 517. The Balaban J connectivity index is 3.57. The maximum Gasteiger partial charge on any atom is 0.335 e. The fourth-order valence-electron chi connectivity index (χ4n) is 4.03. The number of ether oxygens (including phenoxy) is 2. The third kappa shape index (κ3) is 22.8. The molecule has 0 radical (unpaired) electrons. The monoisotopic (exact) mass is 496 g/mol. The van der Waals surface area contributed by atoms with Gasteiger partial charge in [0, 0.05) is 0 Å². The van der Waals surface area contributed by atoms with Crippen LogP contribution in [0, 0.1) is 5.92 Å². The molecule has 0 unspecified atom stereocenters. The van der Waals surface area contributed by atoms with Gasteiger partial charge in [-0.05, 0) is 44.4 Å². The van der Waals surface area contributed by atoms with Crippen molar-refractivity contribution < 1.29 is 24.2 Å². The lowest BCUT2D eigenvalue weighted by atomic mass is 10.0. The van der Waals surface area contributed by atoms with Gasteiger partial charge in [-0.3, -0.25) is 4.79 Å². The molecular formula is C30H56O5. The van der Waals surface area contributed by atoms with E-state index in [1.165, 1.54) is 70.6 Å². The van der Waals surface area contributed by atoms with E-state index in [0.717, 1.165) is 44.9 Å². The molecule has 0 aromatic heterocycles. The lowest BCUT2D eigenvalue weighted by Crippen LogP contribution is -2.28. The van der Waals surface area contributed by atoms with Gasteiger partial charge in [-0.25, -0.2) is 4.79 Å². The molecule has 35 heavy (non-hydrogen) atoms. The molecule has 0 fully saturated rings. The Labute approximate surface area is 216 Å². The summed E-state index contributed by atoms with van der Waals surface area (Å²) in [7, 11) is 0. The molecule has 0 amide bonds. The Morgan fingerprint density at radius 2 is 1.26 bits per heavy atom. The Morgan fingerprint density at radius 1 is 0.714 bits per heavy atom. The van der Waals surface area contributed by atoms with E-state index in [0.29, 0.717) is 19.1 Å². The minimum atomic E-state index is -1.44. The van der Waals surface area contributed by atoms with Gasteiger partial charge >= 0.3 is 11.9 Å². The molecule has 0 aromatic carbocycles. The van der Waals surface area contributed by atoms with Gasteiger partial charge < -0.3 is 14.6 Å². The molecule has 0 saturated carbocycles. The van der Waals surface area contributed by atoms with Crippen LogP contribution < -0.4 is 0 Å². The van der Waals surface area contributed by atoms with Crippen LogP contribution in [0.25, 0.3) is 0 Å². The van der Waals surface area contributed by atoms with E-state index in [1.807, 2.05) is 0 Å². The largest absolute Gasteiger partial charge is 0.465 e. The Kier molecular flexibility index (Phi) is 24.7. The zero-order chi connectivity index (χ0) is 26.0. The fraction of sp³-hybridized carbons (Fsp3) is 0.867. The van der Waals surface area contributed by atoms with Crippen LogP contribution in [-0.2, 0) is 19.1 Å². The third-order valence-corrected chi connectivity index (χ3v) is 6.56. The van der Waals surface area contributed by atoms with E-state index in [2.05, 4.69) is 32.9 Å². The van der Waals surface area contributed by atoms with Crippen molar-refractivity contribution in [1.29, 1.82) is 0 Å². The van der Waals surface area contributed by atoms with Crippen molar-refractivity contribution in [2.24, 2.45) is 5.92 Å². The van der Waals surface area contributed by atoms with Crippen molar-refractivity contribution in [2.45, 2.75) is 149 Å². The molecule has 0 saturated heterocycles. The Morgan fingerprint density at radius 3 is 1.83 bits per heavy atom. The van der Waals surface area contributed by atoms with E-state index >= 15 is 0 Å². The van der Waals surface area contributed by atoms with Gasteiger partial charge in [0.25, 0.3) is 0 Å². The fourth-order valence-corrected chi connectivity index (χ4v) is 4.03. The van der Waals surface area contributed by atoms with Crippen molar-refractivity contribution in [3.63, 3.8) is 0 Å². The average Bonchev–Trinajstić information content (AvgIpc) is 2.85. The van der Waals surface area contributed by atoms with Crippen molar-refractivity contribution in [3.8, 4) is 0 Å². The van der Waals surface area contributed by atoms with Gasteiger partial charge in [-0.1, -0.05) is 110 Å². The molecule has 5 nitrogen and oxygen atoms in total. The van der Waals surface area contributed by atoms with Crippen LogP contribution in [0.3, 0.4) is 0 Å². The quantitative estimate of drug-likeness (QED) is 0.0785. The molecular weight excluding hydrogens is 440 g/mol. The van der Waals surface area contributed by atoms with Crippen LogP contribution in [0.5, 0.6) is 0 Å². The molecule has 5 heteroatoms. The number of aliphatic hydroxyl groups excluding tert-OH is 1. The van der Waals surface area contributed by atoms with Crippen molar-refractivity contribution in [1.82, 2.24) is 0 Å². The van der Waals surface area contributed by atoms with Gasteiger partial charge in [0.2, 0.25) is 0 Å². The van der Waals surface area contributed by atoms with Crippen molar-refractivity contribution in [2.75, 3.05) is 13.2 Å². The molecule has 206 valence electrons. The number of carbonyl (C=O) groups excluding carboxylic acids is 2. The van der Waals surface area contributed by atoms with Crippen LogP contribution in [-0.4, -0.2) is 36.4 Å². The summed E-state index contributed by atoms with van der Waals surface area (Å²) in [6, 6.07) is 0. The zero-order valence-electron chi connectivity index (χ0n) is 23.2. The van der Waals surface area contributed by atoms with Crippen LogP contribution in [0.2, 0.25) is 0 Å². The lowest BCUT2D eigenvalue weighted by molar-refractivity contribution is -0.160. The number of rotatable bonds is 25. The molecule has 0 spiro atoms. The highest BCUT2D eigenvalue weighted by Crippen LogP contribution is 2.14.